The van der Waals surface area contributed by atoms with E-state index in [4.69, 9.17) is 0 Å². The highest BCUT2D eigenvalue weighted by atomic mass is 127. The number of aryl methyl sites for hydroxylation is 1. The number of anilines is 1. The van der Waals surface area contributed by atoms with Gasteiger partial charge in [0.15, 0.2) is 5.96 Å². The molecule has 5 heteroatoms. The number of aliphatic imine (C=N–C) groups is 1. The highest BCUT2D eigenvalue weighted by Crippen LogP contribution is 2.26. The Balaban J connectivity index is 0.00000243. The van der Waals surface area contributed by atoms with E-state index in [1.54, 1.807) is 0 Å². The van der Waals surface area contributed by atoms with Gasteiger partial charge in [-0.3, -0.25) is 4.99 Å². The standard InChI is InChI=1S/C21H28N4.HI/c1-16(18-8-5-4-6-9-18)24-21(22-2)23-15-17-11-12-20-19(14-17)10-7-13-25(20)3;/h4-6,8-9,11-12,14,16H,7,10,13,15H2,1-3H3,(H2,22,23,24);1H. The fourth-order valence-electron chi connectivity index (χ4n) is 3.36. The molecule has 0 aromatic heterocycles. The average molecular weight is 464 g/mol. The van der Waals surface area contributed by atoms with Crippen molar-refractivity contribution in [1.29, 1.82) is 0 Å². The molecule has 1 aliphatic heterocycles. The van der Waals surface area contributed by atoms with Crippen molar-refractivity contribution in [2.24, 2.45) is 4.99 Å². The molecule has 1 aliphatic rings. The lowest BCUT2D eigenvalue weighted by atomic mass is 9.99. The first kappa shape index (κ1) is 20.6. The quantitative estimate of drug-likeness (QED) is 0.407. The largest absolute Gasteiger partial charge is 0.374 e. The summed E-state index contributed by atoms with van der Waals surface area (Å²) in [6.07, 6.45) is 2.41. The summed E-state index contributed by atoms with van der Waals surface area (Å²) in [6.45, 7) is 4.08. The molecule has 1 heterocycles. The summed E-state index contributed by atoms with van der Waals surface area (Å²) < 4.78 is 0. The Bertz CT molecular complexity index is 730. The van der Waals surface area contributed by atoms with Gasteiger partial charge in [-0.15, -0.1) is 24.0 Å². The number of halogens is 1. The number of hydrogen-bond acceptors (Lipinski definition) is 2. The Morgan fingerprint density at radius 2 is 1.96 bits per heavy atom. The lowest BCUT2D eigenvalue weighted by Gasteiger charge is -2.28. The van der Waals surface area contributed by atoms with Crippen molar-refractivity contribution in [3.05, 3.63) is 65.2 Å². The van der Waals surface area contributed by atoms with Gasteiger partial charge in [0.2, 0.25) is 0 Å². The molecule has 0 fully saturated rings. The Labute approximate surface area is 174 Å². The number of nitrogens with one attached hydrogen (secondary N) is 2. The number of rotatable bonds is 4. The van der Waals surface area contributed by atoms with E-state index in [2.05, 4.69) is 77.0 Å². The summed E-state index contributed by atoms with van der Waals surface area (Å²) in [5.74, 6) is 0.825. The molecule has 2 aromatic carbocycles. The number of fused-ring (bicyclic) bond motifs is 1. The summed E-state index contributed by atoms with van der Waals surface area (Å²) in [4.78, 5) is 6.70. The summed E-state index contributed by atoms with van der Waals surface area (Å²) in [6, 6.07) is 17.4. The smallest absolute Gasteiger partial charge is 0.191 e. The Morgan fingerprint density at radius 3 is 2.69 bits per heavy atom. The van der Waals surface area contributed by atoms with E-state index in [1.165, 1.54) is 35.2 Å². The van der Waals surface area contributed by atoms with Crippen molar-refractivity contribution in [2.75, 3.05) is 25.5 Å². The van der Waals surface area contributed by atoms with Gasteiger partial charge < -0.3 is 15.5 Å². The van der Waals surface area contributed by atoms with Gasteiger partial charge in [0, 0.05) is 32.9 Å². The second-order valence-corrected chi connectivity index (χ2v) is 6.69. The van der Waals surface area contributed by atoms with Crippen LogP contribution >= 0.6 is 24.0 Å². The highest BCUT2D eigenvalue weighted by Gasteiger charge is 2.14. The first-order valence-corrected chi connectivity index (χ1v) is 9.02. The van der Waals surface area contributed by atoms with Crippen molar-refractivity contribution < 1.29 is 0 Å². The predicted octanol–water partition coefficient (Wildman–Crippen LogP) is 4.11. The van der Waals surface area contributed by atoms with Crippen LogP contribution in [-0.4, -0.2) is 26.6 Å². The SMILES string of the molecule is CN=C(NCc1ccc2c(c1)CCCN2C)NC(C)c1ccccc1.I. The van der Waals surface area contributed by atoms with E-state index >= 15 is 0 Å². The summed E-state index contributed by atoms with van der Waals surface area (Å²) in [7, 11) is 3.99. The van der Waals surface area contributed by atoms with E-state index in [9.17, 15) is 0 Å². The molecule has 140 valence electrons. The topological polar surface area (TPSA) is 39.7 Å². The van der Waals surface area contributed by atoms with Gasteiger partial charge in [-0.2, -0.15) is 0 Å². The second kappa shape index (κ2) is 9.80. The van der Waals surface area contributed by atoms with Gasteiger partial charge in [-0.1, -0.05) is 42.5 Å². The van der Waals surface area contributed by atoms with Crippen molar-refractivity contribution >= 4 is 35.6 Å². The van der Waals surface area contributed by atoms with Gasteiger partial charge >= 0.3 is 0 Å². The third-order valence-corrected chi connectivity index (χ3v) is 4.83. The van der Waals surface area contributed by atoms with Crippen LogP contribution in [-0.2, 0) is 13.0 Å². The minimum Gasteiger partial charge on any atom is -0.374 e. The zero-order chi connectivity index (χ0) is 17.6. The molecular weight excluding hydrogens is 435 g/mol. The maximum atomic E-state index is 4.35. The number of benzene rings is 2. The molecule has 2 N–H and O–H groups in total. The molecule has 0 saturated heterocycles. The molecule has 0 spiro atoms. The van der Waals surface area contributed by atoms with Crippen LogP contribution in [0.25, 0.3) is 0 Å². The first-order chi connectivity index (χ1) is 12.2. The Morgan fingerprint density at radius 1 is 1.19 bits per heavy atom. The zero-order valence-electron chi connectivity index (χ0n) is 15.8. The Kier molecular flexibility index (Phi) is 7.75. The molecule has 0 bridgehead atoms. The molecule has 1 atom stereocenters. The number of nitrogens with zero attached hydrogens (tertiary/aromatic N) is 2. The van der Waals surface area contributed by atoms with Gasteiger partial charge in [0.1, 0.15) is 0 Å². The zero-order valence-corrected chi connectivity index (χ0v) is 18.2. The maximum absolute atomic E-state index is 4.35. The molecular formula is C21H29IN4. The number of hydrogen-bond donors (Lipinski definition) is 2. The first-order valence-electron chi connectivity index (χ1n) is 9.02. The lowest BCUT2D eigenvalue weighted by molar-refractivity contribution is 0.684. The van der Waals surface area contributed by atoms with Crippen LogP contribution in [0, 0.1) is 0 Å². The average Bonchev–Trinajstić information content (AvgIpc) is 2.65. The van der Waals surface area contributed by atoms with Gasteiger partial charge in [-0.05, 0) is 42.5 Å². The molecule has 26 heavy (non-hydrogen) atoms. The third kappa shape index (κ3) is 5.13. The van der Waals surface area contributed by atoms with Crippen LogP contribution in [0.3, 0.4) is 0 Å². The minimum absolute atomic E-state index is 0. The highest BCUT2D eigenvalue weighted by molar-refractivity contribution is 14.0. The van der Waals surface area contributed by atoms with Crippen LogP contribution in [0.1, 0.15) is 36.1 Å². The van der Waals surface area contributed by atoms with Crippen LogP contribution in [0.4, 0.5) is 5.69 Å². The van der Waals surface area contributed by atoms with Crippen molar-refractivity contribution in [3.8, 4) is 0 Å². The molecule has 0 aliphatic carbocycles. The summed E-state index contributed by atoms with van der Waals surface area (Å²) in [5.41, 5.74) is 5.37. The van der Waals surface area contributed by atoms with E-state index in [0.717, 1.165) is 19.0 Å². The van der Waals surface area contributed by atoms with Gasteiger partial charge in [-0.25, -0.2) is 0 Å². The molecule has 0 radical (unpaired) electrons. The van der Waals surface area contributed by atoms with Gasteiger partial charge in [0.25, 0.3) is 0 Å². The van der Waals surface area contributed by atoms with E-state index in [0.29, 0.717) is 0 Å². The molecule has 2 aromatic rings. The van der Waals surface area contributed by atoms with Gasteiger partial charge in [0.05, 0.1) is 6.04 Å². The normalized spacial score (nSPS) is 14.9. The van der Waals surface area contributed by atoms with Crippen molar-refractivity contribution in [2.45, 2.75) is 32.4 Å². The molecule has 0 saturated carbocycles. The monoisotopic (exact) mass is 464 g/mol. The van der Waals surface area contributed by atoms with Crippen molar-refractivity contribution in [1.82, 2.24) is 10.6 Å². The minimum atomic E-state index is 0. The molecule has 3 rings (SSSR count). The number of guanidine groups is 1. The molecule has 1 unspecified atom stereocenters. The van der Waals surface area contributed by atoms with Crippen LogP contribution in [0.5, 0.6) is 0 Å². The Hall–Kier alpha value is -1.76. The van der Waals surface area contributed by atoms with E-state index < -0.39 is 0 Å². The molecule has 0 amide bonds. The van der Waals surface area contributed by atoms with E-state index in [-0.39, 0.29) is 30.0 Å². The summed E-state index contributed by atoms with van der Waals surface area (Å²) >= 11 is 0. The summed E-state index contributed by atoms with van der Waals surface area (Å²) in [5, 5.41) is 6.88. The third-order valence-electron chi connectivity index (χ3n) is 4.83. The molecule has 4 nitrogen and oxygen atoms in total. The fourth-order valence-corrected chi connectivity index (χ4v) is 3.36. The van der Waals surface area contributed by atoms with Crippen molar-refractivity contribution in [3.63, 3.8) is 0 Å². The van der Waals surface area contributed by atoms with Crippen LogP contribution in [0.2, 0.25) is 0 Å². The lowest BCUT2D eigenvalue weighted by Crippen LogP contribution is -2.38. The van der Waals surface area contributed by atoms with Crippen LogP contribution in [0.15, 0.2) is 53.5 Å². The second-order valence-electron chi connectivity index (χ2n) is 6.69. The predicted molar refractivity (Wildman–Crippen MR) is 122 cm³/mol. The van der Waals surface area contributed by atoms with E-state index in [1.807, 2.05) is 13.1 Å². The maximum Gasteiger partial charge on any atom is 0.191 e. The fraction of sp³-hybridized carbons (Fsp3) is 0.381. The van der Waals surface area contributed by atoms with Crippen LogP contribution < -0.4 is 15.5 Å².